The molecule has 3 fully saturated rings. The molecule has 4 heterocycles. The Labute approximate surface area is 215 Å². The van der Waals surface area contributed by atoms with E-state index in [4.69, 9.17) is 20.9 Å². The average molecular weight is 553 g/mol. The molecule has 1 aromatic carbocycles. The normalized spacial score (nSPS) is 30.1. The summed E-state index contributed by atoms with van der Waals surface area (Å²) in [4.78, 5) is 13.1. The molecule has 2 aliphatic carbocycles. The zero-order chi connectivity index (χ0) is 25.0. The summed E-state index contributed by atoms with van der Waals surface area (Å²) in [7, 11) is 0. The van der Waals surface area contributed by atoms with Crippen LogP contribution in [0.3, 0.4) is 0 Å². The molecular weight excluding hydrogens is 527 g/mol. The molecule has 0 amide bonds. The third-order valence-corrected chi connectivity index (χ3v) is 8.94. The molecule has 1 saturated heterocycles. The molecule has 5 atom stereocenters. The first kappa shape index (κ1) is 22.4. The highest BCUT2D eigenvalue weighted by Crippen LogP contribution is 2.73. The summed E-state index contributed by atoms with van der Waals surface area (Å²) in [5, 5.41) is 1.55. The van der Waals surface area contributed by atoms with Crippen LogP contribution in [0, 0.1) is 17.2 Å². The van der Waals surface area contributed by atoms with Crippen molar-refractivity contribution >= 4 is 49.5 Å². The van der Waals surface area contributed by atoms with Crippen LogP contribution in [0.2, 0.25) is 0 Å². The molecule has 1 aliphatic heterocycles. The topological polar surface area (TPSA) is 114 Å². The second kappa shape index (κ2) is 7.36. The summed E-state index contributed by atoms with van der Waals surface area (Å²) in [6.45, 7) is 3.91. The van der Waals surface area contributed by atoms with E-state index in [2.05, 4.69) is 35.4 Å². The Bertz CT molecular complexity index is 1560. The summed E-state index contributed by atoms with van der Waals surface area (Å²) in [5.41, 5.74) is 14.1. The Morgan fingerprint density at radius 3 is 2.83 bits per heavy atom. The maximum Gasteiger partial charge on any atom is 0.163 e. The molecule has 2 saturated carbocycles. The van der Waals surface area contributed by atoms with Crippen LogP contribution < -0.4 is 11.5 Å². The molecule has 4 N–H and O–H groups in total. The molecule has 186 valence electrons. The molecule has 1 unspecified atom stereocenters. The van der Waals surface area contributed by atoms with Crippen LogP contribution in [0.4, 0.5) is 16.0 Å². The first-order valence-electron chi connectivity index (χ1n) is 12.1. The molecular formula is C26H26BrFN6O2. The smallest absolute Gasteiger partial charge is 0.163 e. The van der Waals surface area contributed by atoms with Crippen molar-refractivity contribution in [2.45, 2.75) is 57.1 Å². The van der Waals surface area contributed by atoms with E-state index < -0.39 is 5.79 Å². The Balaban J connectivity index is 1.23. The van der Waals surface area contributed by atoms with E-state index >= 15 is 4.39 Å². The van der Waals surface area contributed by atoms with Gasteiger partial charge in [-0.1, -0.05) is 0 Å². The number of hydrogen-bond donors (Lipinski definition) is 2. The molecule has 3 aromatic heterocycles. The van der Waals surface area contributed by atoms with Crippen LogP contribution in [0.15, 0.2) is 41.3 Å². The number of nitrogens with zero attached hydrogens (tertiary/aromatic N) is 4. The highest BCUT2D eigenvalue weighted by atomic mass is 79.9. The first-order valence-corrected chi connectivity index (χ1v) is 12.9. The number of pyridine rings is 1. The summed E-state index contributed by atoms with van der Waals surface area (Å²) in [6.07, 6.45) is 5.69. The second-order valence-electron chi connectivity index (χ2n) is 10.8. The average Bonchev–Trinajstić information content (AvgIpc) is 3.08. The van der Waals surface area contributed by atoms with Crippen LogP contribution in [0.25, 0.3) is 21.9 Å². The molecule has 7 rings (SSSR count). The number of anilines is 2. The number of fused-ring (bicyclic) bond motifs is 5. The third kappa shape index (κ3) is 3.13. The number of benzene rings is 1. The lowest BCUT2D eigenvalue weighted by Crippen LogP contribution is -2.32. The van der Waals surface area contributed by atoms with Gasteiger partial charge in [0.1, 0.15) is 35.5 Å². The van der Waals surface area contributed by atoms with Crippen molar-refractivity contribution in [2.75, 3.05) is 11.5 Å². The van der Waals surface area contributed by atoms with E-state index in [9.17, 15) is 0 Å². The van der Waals surface area contributed by atoms with Crippen molar-refractivity contribution in [3.63, 3.8) is 0 Å². The fraction of sp³-hybridized carbons (Fsp3) is 0.423. The fourth-order valence-corrected chi connectivity index (χ4v) is 6.98. The third-order valence-electron chi connectivity index (χ3n) is 8.31. The highest BCUT2D eigenvalue weighted by Gasteiger charge is 2.75. The van der Waals surface area contributed by atoms with Crippen molar-refractivity contribution in [3.8, 4) is 0 Å². The van der Waals surface area contributed by atoms with Crippen molar-refractivity contribution < 1.29 is 13.9 Å². The minimum Gasteiger partial charge on any atom is -0.383 e. The van der Waals surface area contributed by atoms with E-state index in [1.165, 1.54) is 6.33 Å². The Morgan fingerprint density at radius 1 is 1.17 bits per heavy atom. The van der Waals surface area contributed by atoms with E-state index in [0.29, 0.717) is 39.5 Å². The van der Waals surface area contributed by atoms with Gasteiger partial charge in [0, 0.05) is 17.0 Å². The van der Waals surface area contributed by atoms with Gasteiger partial charge in [-0.3, -0.25) is 0 Å². The number of aromatic nitrogens is 4. The lowest BCUT2D eigenvalue weighted by molar-refractivity contribution is -0.161. The molecule has 0 spiro atoms. The lowest BCUT2D eigenvalue weighted by atomic mass is 9.91. The summed E-state index contributed by atoms with van der Waals surface area (Å²) < 4.78 is 30.9. The van der Waals surface area contributed by atoms with E-state index in [0.717, 1.165) is 29.3 Å². The van der Waals surface area contributed by atoms with E-state index in [1.54, 1.807) is 12.1 Å². The number of nitrogens with two attached hydrogens (primary N) is 2. The van der Waals surface area contributed by atoms with Crippen molar-refractivity contribution in [1.29, 1.82) is 0 Å². The lowest BCUT2D eigenvalue weighted by Gasteiger charge is -2.24. The SMILES string of the molecule is CC1(C)O[C@H]2[C@H](n3ccc4c(N)ncnc43)[C@H]3CC3(CCc3cc4nc(N)c(Br)cc4cc3F)[C@H]2O1. The standard InChI is InChI=1S/C26H26BrFN6O2/c1-25(2)35-20-19(34-6-4-14-22(29)31-11-32-24(14)34)15-10-26(15,21(20)36-25)5-3-12-9-18-13(8-17(12)28)7-16(27)23(30)33-18/h4,6-9,11,15,19-21H,3,5,10H2,1-2H3,(H2,30,33)(H2,29,31,32)/t15-,19-,20+,21+,26?/m1/s1. The van der Waals surface area contributed by atoms with Gasteiger partial charge in [-0.25, -0.2) is 19.3 Å². The Morgan fingerprint density at radius 2 is 2.00 bits per heavy atom. The van der Waals surface area contributed by atoms with Gasteiger partial charge >= 0.3 is 0 Å². The highest BCUT2D eigenvalue weighted by molar-refractivity contribution is 9.10. The zero-order valence-electron chi connectivity index (χ0n) is 19.9. The maximum atomic E-state index is 15.1. The van der Waals surface area contributed by atoms with Crippen LogP contribution in [0.5, 0.6) is 0 Å². The number of ether oxygens (including phenoxy) is 2. The molecule has 8 nitrogen and oxygen atoms in total. The quantitative estimate of drug-likeness (QED) is 0.375. The molecule has 4 aromatic rings. The van der Waals surface area contributed by atoms with Crippen LogP contribution in [-0.2, 0) is 15.9 Å². The largest absolute Gasteiger partial charge is 0.383 e. The minimum atomic E-state index is -0.686. The van der Waals surface area contributed by atoms with Gasteiger partial charge in [0.05, 0.1) is 27.5 Å². The Kier molecular flexibility index (Phi) is 4.58. The fourth-order valence-electron chi connectivity index (χ4n) is 6.65. The van der Waals surface area contributed by atoms with Gasteiger partial charge in [0.15, 0.2) is 5.79 Å². The Hall–Kier alpha value is -2.82. The predicted octanol–water partition coefficient (Wildman–Crippen LogP) is 4.76. The molecule has 36 heavy (non-hydrogen) atoms. The van der Waals surface area contributed by atoms with Gasteiger partial charge in [0.25, 0.3) is 0 Å². The number of halogens is 2. The number of aryl methyl sites for hydroxylation is 1. The van der Waals surface area contributed by atoms with Gasteiger partial charge in [-0.15, -0.1) is 0 Å². The monoisotopic (exact) mass is 552 g/mol. The van der Waals surface area contributed by atoms with Crippen LogP contribution in [0.1, 0.15) is 38.3 Å². The maximum absolute atomic E-state index is 15.1. The number of rotatable bonds is 4. The number of hydrogen-bond acceptors (Lipinski definition) is 7. The zero-order valence-corrected chi connectivity index (χ0v) is 21.5. The molecule has 10 heteroatoms. The summed E-state index contributed by atoms with van der Waals surface area (Å²) in [6, 6.07) is 7.18. The predicted molar refractivity (Wildman–Crippen MR) is 137 cm³/mol. The van der Waals surface area contributed by atoms with Gasteiger partial charge < -0.3 is 25.5 Å². The number of nitrogen functional groups attached to an aromatic ring is 2. The first-order chi connectivity index (χ1) is 17.2. The molecule has 0 bridgehead atoms. The van der Waals surface area contributed by atoms with E-state index in [1.807, 2.05) is 32.2 Å². The van der Waals surface area contributed by atoms with Gasteiger partial charge in [0.2, 0.25) is 0 Å². The summed E-state index contributed by atoms with van der Waals surface area (Å²) in [5.74, 6) is 0.280. The minimum absolute atomic E-state index is 0.0591. The van der Waals surface area contributed by atoms with Crippen molar-refractivity contribution in [3.05, 3.63) is 52.6 Å². The van der Waals surface area contributed by atoms with Crippen LogP contribution >= 0.6 is 15.9 Å². The van der Waals surface area contributed by atoms with Crippen molar-refractivity contribution in [1.82, 2.24) is 19.5 Å². The molecule has 3 aliphatic rings. The van der Waals surface area contributed by atoms with Crippen LogP contribution in [-0.4, -0.2) is 37.5 Å². The molecule has 0 radical (unpaired) electrons. The van der Waals surface area contributed by atoms with Gasteiger partial charge in [-0.2, -0.15) is 0 Å². The van der Waals surface area contributed by atoms with Crippen molar-refractivity contribution in [2.24, 2.45) is 11.3 Å². The second-order valence-corrected chi connectivity index (χ2v) is 11.6. The van der Waals surface area contributed by atoms with Gasteiger partial charge in [-0.05, 0) is 84.8 Å². The summed E-state index contributed by atoms with van der Waals surface area (Å²) >= 11 is 3.37. The van der Waals surface area contributed by atoms with E-state index in [-0.39, 0.29) is 29.5 Å².